The monoisotopic (exact) mass is 265 g/mol. The first-order valence-electron chi connectivity index (χ1n) is 7.08. The molecule has 1 aromatic rings. The summed E-state index contributed by atoms with van der Waals surface area (Å²) < 4.78 is 5.48. The molecule has 1 aliphatic carbocycles. The molecule has 0 atom stereocenters. The fourth-order valence-corrected chi connectivity index (χ4v) is 2.50. The van der Waals surface area contributed by atoms with Crippen LogP contribution in [-0.2, 0) is 0 Å². The van der Waals surface area contributed by atoms with Gasteiger partial charge in [-0.2, -0.15) is 4.98 Å². The van der Waals surface area contributed by atoms with Crippen LogP contribution in [-0.4, -0.2) is 34.8 Å². The molecule has 0 bridgehead atoms. The third-order valence-corrected chi connectivity index (χ3v) is 3.71. The van der Waals surface area contributed by atoms with Gasteiger partial charge in [0.1, 0.15) is 0 Å². The minimum atomic E-state index is 0.00361. The fraction of sp³-hybridized carbons (Fsp3) is 0.714. The summed E-state index contributed by atoms with van der Waals surface area (Å²) in [5.74, 6) is 1.18. The molecule has 0 spiro atoms. The molecule has 19 heavy (non-hydrogen) atoms. The molecular formula is C14H23N3O2. The quantitative estimate of drug-likeness (QED) is 0.791. The normalized spacial score (nSPS) is 17.4. The molecular weight excluding hydrogens is 242 g/mol. The van der Waals surface area contributed by atoms with Gasteiger partial charge < -0.3 is 15.2 Å². The van der Waals surface area contributed by atoms with E-state index in [1.807, 2.05) is 0 Å². The van der Waals surface area contributed by atoms with Gasteiger partial charge in [0.25, 0.3) is 0 Å². The van der Waals surface area contributed by atoms with E-state index in [0.29, 0.717) is 18.4 Å². The Hall–Kier alpha value is -1.36. The van der Waals surface area contributed by atoms with Crippen molar-refractivity contribution < 1.29 is 9.84 Å². The van der Waals surface area contributed by atoms with Crippen LogP contribution in [0.5, 0.6) is 5.88 Å². The van der Waals surface area contributed by atoms with E-state index >= 15 is 0 Å². The van der Waals surface area contributed by atoms with Gasteiger partial charge in [-0.3, -0.25) is 0 Å². The van der Waals surface area contributed by atoms with Gasteiger partial charge in [-0.05, 0) is 19.3 Å². The van der Waals surface area contributed by atoms with E-state index < -0.39 is 0 Å². The molecule has 1 aromatic heterocycles. The van der Waals surface area contributed by atoms with Gasteiger partial charge in [-0.1, -0.05) is 19.8 Å². The molecule has 2 N–H and O–H groups in total. The van der Waals surface area contributed by atoms with Crippen LogP contribution in [0.3, 0.4) is 0 Å². The van der Waals surface area contributed by atoms with Crippen molar-refractivity contribution in [1.29, 1.82) is 0 Å². The van der Waals surface area contributed by atoms with Gasteiger partial charge in [0.15, 0.2) is 0 Å². The maximum Gasteiger partial charge on any atom is 0.225 e. The maximum absolute atomic E-state index is 9.56. The number of aromatic nitrogens is 2. The third kappa shape index (κ3) is 3.80. The van der Waals surface area contributed by atoms with E-state index in [1.165, 1.54) is 12.8 Å². The van der Waals surface area contributed by atoms with Crippen LogP contribution in [0.15, 0.2) is 12.3 Å². The predicted molar refractivity (Wildman–Crippen MR) is 74.3 cm³/mol. The summed E-state index contributed by atoms with van der Waals surface area (Å²) in [4.78, 5) is 8.50. The zero-order chi connectivity index (χ0) is 13.6. The number of hydrogen-bond donors (Lipinski definition) is 2. The molecule has 2 rings (SSSR count). The average molecular weight is 265 g/mol. The van der Waals surface area contributed by atoms with Crippen molar-refractivity contribution in [3.63, 3.8) is 0 Å². The smallest absolute Gasteiger partial charge is 0.225 e. The highest BCUT2D eigenvalue weighted by Gasteiger charge is 2.33. The Bertz CT molecular complexity index is 392. The predicted octanol–water partition coefficient (Wildman–Crippen LogP) is 2.23. The van der Waals surface area contributed by atoms with E-state index in [9.17, 15) is 5.11 Å². The SMILES string of the molecule is CCCOc1ccnc(NCC2(CO)CCCC2)n1. The number of aliphatic hydroxyl groups is 1. The molecule has 1 saturated carbocycles. The first-order chi connectivity index (χ1) is 9.28. The summed E-state index contributed by atoms with van der Waals surface area (Å²) in [6.07, 6.45) is 7.19. The summed E-state index contributed by atoms with van der Waals surface area (Å²) >= 11 is 0. The van der Waals surface area contributed by atoms with Crippen molar-refractivity contribution >= 4 is 5.95 Å². The zero-order valence-electron chi connectivity index (χ0n) is 11.6. The van der Waals surface area contributed by atoms with Gasteiger partial charge >= 0.3 is 0 Å². The molecule has 0 saturated heterocycles. The van der Waals surface area contributed by atoms with Gasteiger partial charge in [0.2, 0.25) is 11.8 Å². The Labute approximate surface area is 114 Å². The molecule has 0 unspecified atom stereocenters. The lowest BCUT2D eigenvalue weighted by Gasteiger charge is -2.26. The Balaban J connectivity index is 1.91. The van der Waals surface area contributed by atoms with Gasteiger partial charge in [0, 0.05) is 24.2 Å². The standard InChI is InChI=1S/C14H23N3O2/c1-2-9-19-12-5-8-15-13(17-12)16-10-14(11-18)6-3-4-7-14/h5,8,18H,2-4,6-7,9-11H2,1H3,(H,15,16,17). The van der Waals surface area contributed by atoms with Crippen LogP contribution in [0.25, 0.3) is 0 Å². The number of nitrogens with zero attached hydrogens (tertiary/aromatic N) is 2. The van der Waals surface area contributed by atoms with Crippen molar-refractivity contribution in [3.05, 3.63) is 12.3 Å². The Morgan fingerprint density at radius 1 is 1.42 bits per heavy atom. The van der Waals surface area contributed by atoms with Crippen LogP contribution >= 0.6 is 0 Å². The second kappa shape index (κ2) is 6.70. The molecule has 1 fully saturated rings. The number of rotatable bonds is 7. The lowest BCUT2D eigenvalue weighted by molar-refractivity contribution is 0.142. The highest BCUT2D eigenvalue weighted by Crippen LogP contribution is 2.37. The Morgan fingerprint density at radius 2 is 2.21 bits per heavy atom. The molecule has 1 heterocycles. The summed E-state index contributed by atoms with van der Waals surface area (Å²) in [6.45, 7) is 3.68. The number of hydrogen-bond acceptors (Lipinski definition) is 5. The summed E-state index contributed by atoms with van der Waals surface area (Å²) in [7, 11) is 0. The molecule has 1 aliphatic rings. The average Bonchev–Trinajstić information content (AvgIpc) is 2.93. The van der Waals surface area contributed by atoms with Gasteiger partial charge in [-0.25, -0.2) is 4.98 Å². The lowest BCUT2D eigenvalue weighted by atomic mass is 9.87. The van der Waals surface area contributed by atoms with Crippen LogP contribution in [0.2, 0.25) is 0 Å². The van der Waals surface area contributed by atoms with Gasteiger partial charge in [-0.15, -0.1) is 0 Å². The van der Waals surface area contributed by atoms with E-state index in [0.717, 1.165) is 25.8 Å². The van der Waals surface area contributed by atoms with E-state index in [2.05, 4.69) is 22.2 Å². The second-order valence-corrected chi connectivity index (χ2v) is 5.29. The summed E-state index contributed by atoms with van der Waals surface area (Å²) in [5.41, 5.74) is 0.00361. The van der Waals surface area contributed by atoms with Gasteiger partial charge in [0.05, 0.1) is 13.2 Å². The maximum atomic E-state index is 9.56. The number of anilines is 1. The highest BCUT2D eigenvalue weighted by molar-refractivity contribution is 5.28. The van der Waals surface area contributed by atoms with Crippen molar-refractivity contribution in [1.82, 2.24) is 9.97 Å². The molecule has 106 valence electrons. The molecule has 5 nitrogen and oxygen atoms in total. The first-order valence-corrected chi connectivity index (χ1v) is 7.08. The number of ether oxygens (including phenoxy) is 1. The van der Waals surface area contributed by atoms with E-state index in [1.54, 1.807) is 12.3 Å². The Kier molecular flexibility index (Phi) is 4.96. The van der Waals surface area contributed by atoms with Crippen molar-refractivity contribution in [2.75, 3.05) is 25.1 Å². The molecule has 0 radical (unpaired) electrons. The third-order valence-electron chi connectivity index (χ3n) is 3.71. The van der Waals surface area contributed by atoms with Crippen LogP contribution in [0.4, 0.5) is 5.95 Å². The number of nitrogens with one attached hydrogen (secondary N) is 1. The zero-order valence-corrected chi connectivity index (χ0v) is 11.6. The summed E-state index contributed by atoms with van der Waals surface area (Å²) in [5, 5.41) is 12.8. The number of aliphatic hydroxyl groups excluding tert-OH is 1. The van der Waals surface area contributed by atoms with Crippen LogP contribution in [0.1, 0.15) is 39.0 Å². The van der Waals surface area contributed by atoms with E-state index in [-0.39, 0.29) is 12.0 Å². The molecule has 0 amide bonds. The van der Waals surface area contributed by atoms with Crippen LogP contribution in [0, 0.1) is 5.41 Å². The lowest BCUT2D eigenvalue weighted by Crippen LogP contribution is -2.31. The molecule has 0 aromatic carbocycles. The van der Waals surface area contributed by atoms with Crippen molar-refractivity contribution in [2.45, 2.75) is 39.0 Å². The molecule has 0 aliphatic heterocycles. The minimum absolute atomic E-state index is 0.00361. The highest BCUT2D eigenvalue weighted by atomic mass is 16.5. The Morgan fingerprint density at radius 3 is 2.89 bits per heavy atom. The van der Waals surface area contributed by atoms with Crippen molar-refractivity contribution in [2.24, 2.45) is 5.41 Å². The molecule has 5 heteroatoms. The van der Waals surface area contributed by atoms with Crippen LogP contribution < -0.4 is 10.1 Å². The fourth-order valence-electron chi connectivity index (χ4n) is 2.50. The largest absolute Gasteiger partial charge is 0.478 e. The van der Waals surface area contributed by atoms with E-state index in [4.69, 9.17) is 4.74 Å². The van der Waals surface area contributed by atoms with Crippen molar-refractivity contribution in [3.8, 4) is 5.88 Å². The summed E-state index contributed by atoms with van der Waals surface area (Å²) in [6, 6.07) is 1.76. The second-order valence-electron chi connectivity index (χ2n) is 5.29. The minimum Gasteiger partial charge on any atom is -0.478 e. The first kappa shape index (κ1) is 14.1. The topological polar surface area (TPSA) is 67.3 Å².